The van der Waals surface area contributed by atoms with Gasteiger partial charge in [-0.25, -0.2) is 0 Å². The van der Waals surface area contributed by atoms with Gasteiger partial charge >= 0.3 is 0 Å². The monoisotopic (exact) mass is 338 g/mol. The Hall–Kier alpha value is -1.58. The van der Waals surface area contributed by atoms with Gasteiger partial charge < -0.3 is 19.6 Å². The van der Waals surface area contributed by atoms with Gasteiger partial charge in [0.25, 0.3) is 0 Å². The first-order valence-corrected chi connectivity index (χ1v) is 8.44. The highest BCUT2D eigenvalue weighted by Gasteiger charge is 2.56. The highest BCUT2D eigenvalue weighted by atomic mass is 16.5. The average molecular weight is 338 g/mol. The van der Waals surface area contributed by atoms with Crippen molar-refractivity contribution in [2.75, 3.05) is 40.3 Å². The number of aliphatic hydroxyl groups is 1. The number of tetrazole rings is 1. The Morgan fingerprint density at radius 3 is 2.75 bits per heavy atom. The van der Waals surface area contributed by atoms with Crippen LogP contribution in [-0.2, 0) is 16.1 Å². The molecule has 24 heavy (non-hydrogen) atoms. The topological polar surface area (TPSA) is 96.6 Å². The van der Waals surface area contributed by atoms with Crippen LogP contribution in [0.2, 0.25) is 0 Å². The van der Waals surface area contributed by atoms with Crippen molar-refractivity contribution in [2.24, 2.45) is 5.41 Å². The molecule has 1 aliphatic heterocycles. The summed E-state index contributed by atoms with van der Waals surface area (Å²) < 4.78 is 6.00. The van der Waals surface area contributed by atoms with Crippen LogP contribution in [0.15, 0.2) is 6.33 Å². The Morgan fingerprint density at radius 2 is 2.17 bits per heavy atom. The Balaban J connectivity index is 1.50. The van der Waals surface area contributed by atoms with Crippen LogP contribution in [0.25, 0.3) is 0 Å². The summed E-state index contributed by atoms with van der Waals surface area (Å²) in [4.78, 5) is 17.5. The molecule has 2 aliphatic rings. The fourth-order valence-corrected chi connectivity index (χ4v) is 3.65. The van der Waals surface area contributed by atoms with Crippen molar-refractivity contribution in [3.63, 3.8) is 0 Å². The molecule has 1 aromatic rings. The van der Waals surface area contributed by atoms with Crippen LogP contribution in [0.5, 0.6) is 0 Å². The van der Waals surface area contributed by atoms with Crippen molar-refractivity contribution in [3.8, 4) is 0 Å². The first-order chi connectivity index (χ1) is 11.5. The predicted molar refractivity (Wildman–Crippen MR) is 85.0 cm³/mol. The normalized spacial score (nSPS) is 25.9. The van der Waals surface area contributed by atoms with E-state index in [1.54, 1.807) is 0 Å². The van der Waals surface area contributed by atoms with Crippen LogP contribution in [-0.4, -0.2) is 93.6 Å². The number of hydrogen-bond acceptors (Lipinski definition) is 7. The van der Waals surface area contributed by atoms with E-state index in [9.17, 15) is 9.90 Å². The molecule has 0 radical (unpaired) electrons. The van der Waals surface area contributed by atoms with E-state index in [0.717, 1.165) is 19.4 Å². The van der Waals surface area contributed by atoms with Crippen LogP contribution < -0.4 is 0 Å². The summed E-state index contributed by atoms with van der Waals surface area (Å²) >= 11 is 0. The molecule has 0 unspecified atom stereocenters. The van der Waals surface area contributed by atoms with E-state index in [0.29, 0.717) is 26.1 Å². The van der Waals surface area contributed by atoms with Crippen molar-refractivity contribution in [1.82, 2.24) is 30.0 Å². The minimum atomic E-state index is -0.323. The number of hydrogen-bond donors (Lipinski definition) is 1. The molecule has 134 valence electrons. The van der Waals surface area contributed by atoms with Gasteiger partial charge in [-0.1, -0.05) is 0 Å². The number of likely N-dealkylation sites (tertiary alicyclic amines) is 1. The first kappa shape index (κ1) is 17.2. The van der Waals surface area contributed by atoms with Crippen molar-refractivity contribution in [1.29, 1.82) is 0 Å². The molecule has 2 heterocycles. The zero-order chi connectivity index (χ0) is 17.2. The van der Waals surface area contributed by atoms with Crippen molar-refractivity contribution in [2.45, 2.75) is 38.0 Å². The minimum absolute atomic E-state index is 0.0123. The van der Waals surface area contributed by atoms with E-state index in [1.165, 1.54) is 11.1 Å². The minimum Gasteiger partial charge on any atom is -0.392 e. The second-order valence-electron chi connectivity index (χ2n) is 6.99. The Labute approximate surface area is 141 Å². The second kappa shape index (κ2) is 7.12. The zero-order valence-electron chi connectivity index (χ0n) is 14.3. The van der Waals surface area contributed by atoms with Gasteiger partial charge in [-0.15, -0.1) is 10.2 Å². The van der Waals surface area contributed by atoms with E-state index in [1.807, 2.05) is 19.0 Å². The summed E-state index contributed by atoms with van der Waals surface area (Å²) in [5.41, 5.74) is -0.186. The van der Waals surface area contributed by atoms with Gasteiger partial charge in [0.1, 0.15) is 6.54 Å². The molecule has 1 aliphatic carbocycles. The molecule has 3 rings (SSSR count). The Bertz CT molecular complexity index is 541. The largest absolute Gasteiger partial charge is 0.392 e. The molecule has 1 N–H and O–H groups in total. The molecular formula is C15H26N6O3. The predicted octanol–water partition coefficient (Wildman–Crippen LogP) is -1.01. The van der Waals surface area contributed by atoms with Crippen molar-refractivity contribution in [3.05, 3.63) is 6.33 Å². The average Bonchev–Trinajstić information content (AvgIpc) is 3.07. The van der Waals surface area contributed by atoms with Gasteiger partial charge in [0.05, 0.1) is 18.8 Å². The molecule has 1 aromatic heterocycles. The van der Waals surface area contributed by atoms with Crippen LogP contribution in [0.3, 0.4) is 0 Å². The van der Waals surface area contributed by atoms with E-state index in [2.05, 4.69) is 20.3 Å². The fraction of sp³-hybridized carbons (Fsp3) is 0.867. The Morgan fingerprint density at radius 1 is 1.42 bits per heavy atom. The lowest BCUT2D eigenvalue weighted by Gasteiger charge is -2.56. The van der Waals surface area contributed by atoms with Gasteiger partial charge in [-0.05, 0) is 32.2 Å². The lowest BCUT2D eigenvalue weighted by molar-refractivity contribution is -0.212. The van der Waals surface area contributed by atoms with Crippen LogP contribution in [0.4, 0.5) is 0 Å². The lowest BCUT2D eigenvalue weighted by Crippen LogP contribution is -2.63. The third-order valence-corrected chi connectivity index (χ3v) is 5.31. The molecule has 2 atom stereocenters. The summed E-state index contributed by atoms with van der Waals surface area (Å²) in [7, 11) is 4.03. The van der Waals surface area contributed by atoms with Crippen molar-refractivity contribution < 1.29 is 14.6 Å². The number of likely N-dealkylation sites (N-methyl/N-ethyl adjacent to an activating group) is 1. The summed E-state index contributed by atoms with van der Waals surface area (Å²) in [6.07, 6.45) is 3.34. The molecule has 9 nitrogen and oxygen atoms in total. The second-order valence-corrected chi connectivity index (χ2v) is 6.99. The smallest absolute Gasteiger partial charge is 0.246 e. The number of rotatable bonds is 6. The van der Waals surface area contributed by atoms with Gasteiger partial charge in [0, 0.05) is 31.5 Å². The summed E-state index contributed by atoms with van der Waals surface area (Å²) in [6, 6.07) is 0. The fourth-order valence-electron chi connectivity index (χ4n) is 3.65. The number of aliphatic hydroxyl groups excluding tert-OH is 1. The SMILES string of the molecule is CN(C)CCO[C@@H]1C[C@H](O)C12CCN(C(=O)Cn1ncnn1)CC2. The number of ether oxygens (including phenoxy) is 1. The first-order valence-electron chi connectivity index (χ1n) is 8.44. The maximum atomic E-state index is 12.3. The van der Waals surface area contributed by atoms with Gasteiger partial charge in [0.15, 0.2) is 6.33 Å². The van der Waals surface area contributed by atoms with Gasteiger partial charge in [-0.3, -0.25) is 4.79 Å². The molecule has 9 heteroatoms. The highest BCUT2D eigenvalue weighted by Crippen LogP contribution is 2.50. The molecule has 0 aromatic carbocycles. The summed E-state index contributed by atoms with van der Waals surface area (Å²) in [5.74, 6) is -0.0123. The van der Waals surface area contributed by atoms with Crippen LogP contribution >= 0.6 is 0 Å². The number of amides is 1. The molecular weight excluding hydrogens is 312 g/mol. The highest BCUT2D eigenvalue weighted by molar-refractivity contribution is 5.75. The molecule has 1 saturated carbocycles. The van der Waals surface area contributed by atoms with Crippen LogP contribution in [0, 0.1) is 5.41 Å². The van der Waals surface area contributed by atoms with Crippen LogP contribution in [0.1, 0.15) is 19.3 Å². The summed E-state index contributed by atoms with van der Waals surface area (Å²) in [6.45, 7) is 2.93. The number of nitrogens with zero attached hydrogens (tertiary/aromatic N) is 6. The maximum Gasteiger partial charge on any atom is 0.246 e. The standard InChI is InChI=1S/C15H26N6O3/c1-19(2)7-8-24-13-9-12(22)15(13)3-5-20(6-4-15)14(23)10-21-17-11-16-18-21/h11-13,22H,3-10H2,1-2H3/t12-,13+/m0/s1. The molecule has 1 saturated heterocycles. The van der Waals surface area contributed by atoms with Gasteiger partial charge in [0.2, 0.25) is 5.91 Å². The van der Waals surface area contributed by atoms with E-state index in [4.69, 9.17) is 4.74 Å². The number of carbonyl (C=O) groups excluding carboxylic acids is 1. The zero-order valence-corrected chi connectivity index (χ0v) is 14.3. The molecule has 1 amide bonds. The number of carbonyl (C=O) groups is 1. The Kier molecular flexibility index (Phi) is 5.12. The molecule has 1 spiro atoms. The third-order valence-electron chi connectivity index (χ3n) is 5.31. The van der Waals surface area contributed by atoms with Gasteiger partial charge in [-0.2, -0.15) is 4.80 Å². The number of aromatic nitrogens is 4. The molecule has 0 bridgehead atoms. The lowest BCUT2D eigenvalue weighted by atomic mass is 9.58. The van der Waals surface area contributed by atoms with E-state index >= 15 is 0 Å². The number of piperidine rings is 1. The van der Waals surface area contributed by atoms with E-state index < -0.39 is 0 Å². The van der Waals surface area contributed by atoms with E-state index in [-0.39, 0.29) is 30.1 Å². The molecule has 2 fully saturated rings. The van der Waals surface area contributed by atoms with Crippen molar-refractivity contribution >= 4 is 5.91 Å². The summed E-state index contributed by atoms with van der Waals surface area (Å²) in [5, 5.41) is 21.5. The maximum absolute atomic E-state index is 12.3. The quantitative estimate of drug-likeness (QED) is 0.710. The third kappa shape index (κ3) is 3.42.